The third kappa shape index (κ3) is 80.6. The highest BCUT2D eigenvalue weighted by atomic mass is 14.9. The summed E-state index contributed by atoms with van der Waals surface area (Å²) < 4.78 is 0. The quantitative estimate of drug-likeness (QED) is 0.136. The van der Waals surface area contributed by atoms with E-state index >= 15 is 0 Å². The van der Waals surface area contributed by atoms with Gasteiger partial charge in [-0.2, -0.15) is 0 Å². The molecule has 1 heterocycles. The Hall–Kier alpha value is -3.88. The van der Waals surface area contributed by atoms with Crippen LogP contribution in [-0.4, -0.2) is 6.04 Å². The van der Waals surface area contributed by atoms with Gasteiger partial charge >= 0.3 is 0 Å². The Labute approximate surface area is 368 Å². The molecule has 1 saturated heterocycles. The lowest BCUT2D eigenvalue weighted by molar-refractivity contribution is 0.704. The van der Waals surface area contributed by atoms with Crippen molar-refractivity contribution in [3.05, 3.63) is 170 Å². The minimum Gasteiger partial charge on any atom is -0.359 e. The molecule has 1 aliphatic rings. The van der Waals surface area contributed by atoms with Crippen LogP contribution < -0.4 is 11.1 Å². The molecule has 0 aromatic heterocycles. The average Bonchev–Trinajstić information content (AvgIpc) is 3.62. The fourth-order valence-electron chi connectivity index (χ4n) is 3.39. The van der Waals surface area contributed by atoms with Crippen molar-refractivity contribution in [2.45, 2.75) is 188 Å². The number of nitrogens with one attached hydrogen (secondary N) is 1. The van der Waals surface area contributed by atoms with Crippen LogP contribution in [0.15, 0.2) is 170 Å². The van der Waals surface area contributed by atoms with E-state index in [1.54, 1.807) is 18.2 Å². The maximum Gasteiger partial charge on any atom is 0.0369 e. The minimum atomic E-state index is 0.183. The van der Waals surface area contributed by atoms with Gasteiger partial charge in [0.2, 0.25) is 0 Å². The van der Waals surface area contributed by atoms with E-state index in [0.717, 1.165) is 56.2 Å². The Bertz CT molecular complexity index is 1080. The van der Waals surface area contributed by atoms with Gasteiger partial charge in [-0.3, -0.25) is 0 Å². The van der Waals surface area contributed by atoms with Gasteiger partial charge in [-0.25, -0.2) is 0 Å². The first kappa shape index (κ1) is 75.0. The second-order valence-electron chi connectivity index (χ2n) is 11.4. The summed E-state index contributed by atoms with van der Waals surface area (Å²) in [5.74, 6) is 0. The van der Waals surface area contributed by atoms with Gasteiger partial charge in [0.1, 0.15) is 0 Å². The molecule has 338 valence electrons. The Balaban J connectivity index is -0.0000000784. The lowest BCUT2D eigenvalue weighted by Gasteiger charge is -2.02. The molecule has 0 saturated carbocycles. The summed E-state index contributed by atoms with van der Waals surface area (Å²) in [6.45, 7) is 55.0. The summed E-state index contributed by atoms with van der Waals surface area (Å²) in [5.41, 5.74) is 11.9. The first-order chi connectivity index (χ1) is 28.0. The number of hydrogen-bond acceptors (Lipinski definition) is 2. The molecule has 0 radical (unpaired) electrons. The second-order valence-corrected chi connectivity index (χ2v) is 11.4. The number of unbranched alkanes of at least 4 members (excludes halogenated alkanes) is 1. The predicted octanol–water partition coefficient (Wildman–Crippen LogP) is 19.4. The number of allylic oxidation sites excluding steroid dienone is 21. The molecule has 0 amide bonds. The van der Waals surface area contributed by atoms with Crippen LogP contribution in [-0.2, 0) is 0 Å². The predicted molar refractivity (Wildman–Crippen MR) is 283 cm³/mol. The third-order valence-electron chi connectivity index (χ3n) is 6.11. The monoisotopic (exact) mass is 805 g/mol. The summed E-state index contributed by atoms with van der Waals surface area (Å²) in [4.78, 5) is 0. The van der Waals surface area contributed by atoms with Gasteiger partial charge in [0.25, 0.3) is 0 Å². The highest BCUT2D eigenvalue weighted by Gasteiger charge is 2.13. The SMILES string of the molecule is C/C=C\C.C/C=C\CC.C=C(CC)C(/C=C\C)=C/CCC.C=C1C/C(=C\C=C/C/C=C/C=C\C(N)CCC)N/C1=C/C.C=CC.C=CC=C.CC.CC.CC.CCC. The zero-order valence-electron chi connectivity index (χ0n) is 42.4. The van der Waals surface area contributed by atoms with E-state index in [9.17, 15) is 0 Å². The summed E-state index contributed by atoms with van der Waals surface area (Å²) >= 11 is 0. The standard InChI is InChI=1S/C19H28N2.C12H20.C5H10.C4H8.C4H6.C3H8.C3H6.3C2H6/c1-4-12-17(20)13-10-8-6-7-9-11-14-18-15-16(3)19(5-2)21-18;1-5-8-10-12(9-6-2)11(4)7-3;1-3-5-4-2;2*1-3-4-2;2*1-3-2;3*1-2/h5-6,8-11,13-14,17,21H,3-4,7,12,15,20H2,1-2H3;6,9-10H,4-5,7-8H2,1-3H3;3,5H,4H2,1-2H3;3-4H,1-2H3;3-4H,1-2H2;3H2,1-2H3;3H,1H2,2H3;3*1-2H3/b8-6+,11-9-,13-10-,18-14+,19-5+;9-6-,12-10+;5-3-;4-3-;;;;;;. The lowest BCUT2D eigenvalue weighted by atomic mass is 10.0. The zero-order chi connectivity index (χ0) is 47.3. The molecular formula is C56H104N2. The number of nitrogens with two attached hydrogens (primary N) is 1. The van der Waals surface area contributed by atoms with Gasteiger partial charge < -0.3 is 11.1 Å². The van der Waals surface area contributed by atoms with Crippen molar-refractivity contribution in [1.29, 1.82) is 0 Å². The van der Waals surface area contributed by atoms with E-state index in [4.69, 9.17) is 5.73 Å². The molecule has 0 bridgehead atoms. The van der Waals surface area contributed by atoms with Gasteiger partial charge in [-0.15, -0.1) is 6.58 Å². The highest BCUT2D eigenvalue weighted by molar-refractivity contribution is 5.41. The van der Waals surface area contributed by atoms with E-state index in [2.05, 4.69) is 153 Å². The molecule has 2 nitrogen and oxygen atoms in total. The molecule has 0 spiro atoms. The molecule has 1 atom stereocenters. The van der Waals surface area contributed by atoms with Crippen molar-refractivity contribution in [1.82, 2.24) is 5.32 Å². The Morgan fingerprint density at radius 1 is 0.724 bits per heavy atom. The molecule has 1 fully saturated rings. The Morgan fingerprint density at radius 3 is 1.55 bits per heavy atom. The first-order valence-corrected chi connectivity index (χ1v) is 22.6. The van der Waals surface area contributed by atoms with Crippen LogP contribution in [0.2, 0.25) is 0 Å². The van der Waals surface area contributed by atoms with E-state index in [-0.39, 0.29) is 6.04 Å². The van der Waals surface area contributed by atoms with Crippen molar-refractivity contribution in [2.75, 3.05) is 0 Å². The highest BCUT2D eigenvalue weighted by Crippen LogP contribution is 2.23. The van der Waals surface area contributed by atoms with Gasteiger partial charge in [0.15, 0.2) is 0 Å². The fraction of sp³-hybridized carbons (Fsp3) is 0.500. The molecule has 1 rings (SSSR count). The van der Waals surface area contributed by atoms with Crippen LogP contribution in [0.1, 0.15) is 182 Å². The normalized spacial score (nSPS) is 13.0. The van der Waals surface area contributed by atoms with Crippen LogP contribution >= 0.6 is 0 Å². The van der Waals surface area contributed by atoms with Gasteiger partial charge in [-0.05, 0) is 96.4 Å². The van der Waals surface area contributed by atoms with Gasteiger partial charge in [0, 0.05) is 23.9 Å². The molecule has 0 aromatic carbocycles. The summed E-state index contributed by atoms with van der Waals surface area (Å²) in [6.07, 6.45) is 46.2. The molecule has 0 aromatic rings. The molecule has 0 aliphatic carbocycles. The van der Waals surface area contributed by atoms with E-state index in [1.165, 1.54) is 29.7 Å². The summed E-state index contributed by atoms with van der Waals surface area (Å²) in [7, 11) is 0. The zero-order valence-corrected chi connectivity index (χ0v) is 42.4. The van der Waals surface area contributed by atoms with Crippen molar-refractivity contribution in [3.63, 3.8) is 0 Å². The van der Waals surface area contributed by atoms with Crippen LogP contribution in [0, 0.1) is 0 Å². The number of hydrogen-bond donors (Lipinski definition) is 2. The maximum atomic E-state index is 5.89. The number of rotatable bonds is 14. The van der Waals surface area contributed by atoms with E-state index in [1.807, 2.05) is 101 Å². The molecule has 1 aliphatic heterocycles. The smallest absolute Gasteiger partial charge is 0.0369 e. The van der Waals surface area contributed by atoms with Gasteiger partial charge in [0.05, 0.1) is 0 Å². The first-order valence-electron chi connectivity index (χ1n) is 22.6. The molecule has 1 unspecified atom stereocenters. The fourth-order valence-corrected chi connectivity index (χ4v) is 3.39. The topological polar surface area (TPSA) is 38.0 Å². The third-order valence-corrected chi connectivity index (χ3v) is 6.11. The minimum absolute atomic E-state index is 0.183. The van der Waals surface area contributed by atoms with Crippen molar-refractivity contribution < 1.29 is 0 Å². The van der Waals surface area contributed by atoms with Gasteiger partial charge in [-0.1, -0.05) is 232 Å². The molecule has 58 heavy (non-hydrogen) atoms. The van der Waals surface area contributed by atoms with Crippen LogP contribution in [0.5, 0.6) is 0 Å². The van der Waals surface area contributed by atoms with Crippen LogP contribution in [0.3, 0.4) is 0 Å². The van der Waals surface area contributed by atoms with Crippen molar-refractivity contribution >= 4 is 0 Å². The van der Waals surface area contributed by atoms with Crippen LogP contribution in [0.4, 0.5) is 0 Å². The average molecular weight is 805 g/mol. The van der Waals surface area contributed by atoms with E-state index in [0.29, 0.717) is 0 Å². The second kappa shape index (κ2) is 81.3. The Morgan fingerprint density at radius 2 is 1.22 bits per heavy atom. The van der Waals surface area contributed by atoms with Crippen molar-refractivity contribution in [3.8, 4) is 0 Å². The lowest BCUT2D eigenvalue weighted by Crippen LogP contribution is -2.15. The molecule has 2 heteroatoms. The van der Waals surface area contributed by atoms with Crippen molar-refractivity contribution in [2.24, 2.45) is 5.73 Å². The van der Waals surface area contributed by atoms with Crippen LogP contribution in [0.25, 0.3) is 0 Å². The molecular weight excluding hydrogens is 701 g/mol. The largest absolute Gasteiger partial charge is 0.359 e. The Kier molecular flexibility index (Phi) is 105. The maximum absolute atomic E-state index is 5.89. The molecule has 3 N–H and O–H groups in total. The summed E-state index contributed by atoms with van der Waals surface area (Å²) in [6, 6.07) is 0.183. The summed E-state index contributed by atoms with van der Waals surface area (Å²) in [5, 5.41) is 3.35. The van der Waals surface area contributed by atoms with E-state index < -0.39 is 0 Å².